The van der Waals surface area contributed by atoms with Crippen LogP contribution in [0.2, 0.25) is 0 Å². The summed E-state index contributed by atoms with van der Waals surface area (Å²) in [6, 6.07) is 15.5. The molecule has 27 heavy (non-hydrogen) atoms. The molecule has 2 aromatic carbocycles. The SMILES string of the molecule is C(=C\c1nn2c(COc3ccc4c(c3)OCO4)nnc2s1)/c1ccccc1. The summed E-state index contributed by atoms with van der Waals surface area (Å²) in [5, 5.41) is 13.7. The second kappa shape index (κ2) is 6.73. The molecule has 7 nitrogen and oxygen atoms in total. The van der Waals surface area contributed by atoms with Crippen molar-refractivity contribution in [3.63, 3.8) is 0 Å². The Labute approximate surface area is 158 Å². The van der Waals surface area contributed by atoms with Crippen LogP contribution in [0.3, 0.4) is 0 Å². The molecule has 4 aromatic rings. The average molecular weight is 378 g/mol. The molecule has 3 heterocycles. The van der Waals surface area contributed by atoms with Gasteiger partial charge in [-0.15, -0.1) is 10.2 Å². The van der Waals surface area contributed by atoms with Crippen molar-refractivity contribution in [2.24, 2.45) is 0 Å². The van der Waals surface area contributed by atoms with Gasteiger partial charge in [-0.05, 0) is 23.8 Å². The Hall–Kier alpha value is -3.39. The van der Waals surface area contributed by atoms with E-state index in [1.54, 1.807) is 10.6 Å². The minimum Gasteiger partial charge on any atom is -0.485 e. The third-order valence-corrected chi connectivity index (χ3v) is 4.87. The van der Waals surface area contributed by atoms with Crippen LogP contribution in [-0.2, 0) is 6.61 Å². The molecule has 0 saturated heterocycles. The van der Waals surface area contributed by atoms with Gasteiger partial charge in [-0.25, -0.2) is 0 Å². The predicted octanol–water partition coefficient (Wildman–Crippen LogP) is 3.66. The largest absolute Gasteiger partial charge is 0.485 e. The molecule has 1 aliphatic heterocycles. The molecule has 0 saturated carbocycles. The molecule has 0 radical (unpaired) electrons. The normalized spacial score (nSPS) is 12.9. The van der Waals surface area contributed by atoms with Crippen LogP contribution in [0.1, 0.15) is 16.4 Å². The minimum atomic E-state index is 0.238. The van der Waals surface area contributed by atoms with Crippen LogP contribution in [0.5, 0.6) is 17.2 Å². The maximum Gasteiger partial charge on any atom is 0.235 e. The van der Waals surface area contributed by atoms with E-state index in [2.05, 4.69) is 15.3 Å². The van der Waals surface area contributed by atoms with Crippen LogP contribution in [0, 0.1) is 0 Å². The molecule has 0 bridgehead atoms. The summed E-state index contributed by atoms with van der Waals surface area (Å²) in [6.45, 7) is 0.494. The molecular weight excluding hydrogens is 364 g/mol. The monoisotopic (exact) mass is 378 g/mol. The van der Waals surface area contributed by atoms with Gasteiger partial charge in [-0.2, -0.15) is 9.61 Å². The van der Waals surface area contributed by atoms with E-state index in [0.717, 1.165) is 21.3 Å². The number of fused-ring (bicyclic) bond motifs is 2. The lowest BCUT2D eigenvalue weighted by Crippen LogP contribution is -2.02. The van der Waals surface area contributed by atoms with Crippen LogP contribution < -0.4 is 14.2 Å². The molecule has 0 spiro atoms. The van der Waals surface area contributed by atoms with E-state index in [-0.39, 0.29) is 13.4 Å². The molecule has 1 aliphatic rings. The summed E-state index contributed by atoms with van der Waals surface area (Å²) in [5.74, 6) is 2.72. The van der Waals surface area contributed by atoms with E-state index in [1.165, 1.54) is 11.3 Å². The molecule has 0 amide bonds. The Kier molecular flexibility index (Phi) is 3.95. The molecule has 0 atom stereocenters. The van der Waals surface area contributed by atoms with Gasteiger partial charge in [-0.3, -0.25) is 0 Å². The number of hydrogen-bond acceptors (Lipinski definition) is 7. The van der Waals surface area contributed by atoms with E-state index in [1.807, 2.05) is 54.6 Å². The second-order valence-electron chi connectivity index (χ2n) is 5.80. The van der Waals surface area contributed by atoms with E-state index in [4.69, 9.17) is 14.2 Å². The summed E-state index contributed by atoms with van der Waals surface area (Å²) < 4.78 is 18.2. The molecule has 0 aliphatic carbocycles. The van der Waals surface area contributed by atoms with Crippen LogP contribution in [0.4, 0.5) is 0 Å². The molecule has 134 valence electrons. The van der Waals surface area contributed by atoms with Crippen LogP contribution in [-0.4, -0.2) is 26.6 Å². The van der Waals surface area contributed by atoms with Gasteiger partial charge in [-0.1, -0.05) is 47.7 Å². The fourth-order valence-electron chi connectivity index (χ4n) is 2.68. The number of rotatable bonds is 5. The first kappa shape index (κ1) is 15.8. The molecule has 0 N–H and O–H groups in total. The first-order valence-corrected chi connectivity index (χ1v) is 9.13. The number of hydrogen-bond donors (Lipinski definition) is 0. The summed E-state index contributed by atoms with van der Waals surface area (Å²) in [7, 11) is 0. The highest BCUT2D eigenvalue weighted by molar-refractivity contribution is 7.17. The van der Waals surface area contributed by atoms with Crippen molar-refractivity contribution in [2.45, 2.75) is 6.61 Å². The van der Waals surface area contributed by atoms with Gasteiger partial charge in [0.15, 0.2) is 17.3 Å². The third kappa shape index (κ3) is 3.22. The molecule has 2 aromatic heterocycles. The smallest absolute Gasteiger partial charge is 0.235 e. The van der Waals surface area contributed by atoms with Crippen LogP contribution in [0.25, 0.3) is 17.1 Å². The summed E-state index contributed by atoms with van der Waals surface area (Å²) >= 11 is 1.47. The Morgan fingerprint density at radius 2 is 1.93 bits per heavy atom. The van der Waals surface area contributed by atoms with Gasteiger partial charge in [0.25, 0.3) is 0 Å². The standard InChI is InChI=1S/C19H14N4O3S/c1-2-4-13(5-3-1)6-9-18-22-23-17(20-21-19(23)27-18)11-24-14-7-8-15-16(10-14)26-12-25-15/h1-10H,11-12H2/b9-6+. The second-order valence-corrected chi connectivity index (χ2v) is 6.79. The van der Waals surface area contributed by atoms with Crippen LogP contribution in [0.15, 0.2) is 48.5 Å². The van der Waals surface area contributed by atoms with Crippen molar-refractivity contribution in [2.75, 3.05) is 6.79 Å². The average Bonchev–Trinajstić information content (AvgIpc) is 3.41. The van der Waals surface area contributed by atoms with Crippen LogP contribution >= 0.6 is 11.3 Å². The highest BCUT2D eigenvalue weighted by atomic mass is 32.1. The number of ether oxygens (including phenoxy) is 3. The quantitative estimate of drug-likeness (QED) is 0.528. The molecule has 5 rings (SSSR count). The fourth-order valence-corrected chi connectivity index (χ4v) is 3.44. The molecular formula is C19H14N4O3S. The zero-order valence-corrected chi connectivity index (χ0v) is 14.9. The molecule has 8 heteroatoms. The Balaban J connectivity index is 1.32. The summed E-state index contributed by atoms with van der Waals surface area (Å²) in [5.41, 5.74) is 1.12. The summed E-state index contributed by atoms with van der Waals surface area (Å²) in [6.07, 6.45) is 3.99. The van der Waals surface area contributed by atoms with Gasteiger partial charge in [0.05, 0.1) is 0 Å². The molecule has 0 unspecified atom stereocenters. The number of benzene rings is 2. The lowest BCUT2D eigenvalue weighted by Gasteiger charge is -2.04. The Bertz CT molecular complexity index is 1120. The van der Waals surface area contributed by atoms with Crippen molar-refractivity contribution >= 4 is 28.4 Å². The Morgan fingerprint density at radius 3 is 2.85 bits per heavy atom. The topological polar surface area (TPSA) is 70.8 Å². The van der Waals surface area contributed by atoms with Crippen molar-refractivity contribution < 1.29 is 14.2 Å². The van der Waals surface area contributed by atoms with Crippen molar-refractivity contribution in [3.05, 3.63) is 64.9 Å². The molecule has 0 fully saturated rings. The first-order chi connectivity index (χ1) is 13.3. The van der Waals surface area contributed by atoms with Crippen molar-refractivity contribution in [3.8, 4) is 17.2 Å². The lowest BCUT2D eigenvalue weighted by molar-refractivity contribution is 0.173. The van der Waals surface area contributed by atoms with E-state index in [0.29, 0.717) is 17.3 Å². The highest BCUT2D eigenvalue weighted by Gasteiger charge is 2.15. The fraction of sp³-hybridized carbons (Fsp3) is 0.105. The van der Waals surface area contributed by atoms with E-state index in [9.17, 15) is 0 Å². The number of nitrogens with zero attached hydrogens (tertiary/aromatic N) is 4. The van der Waals surface area contributed by atoms with Crippen molar-refractivity contribution in [1.82, 2.24) is 19.8 Å². The maximum atomic E-state index is 5.81. The van der Waals surface area contributed by atoms with E-state index >= 15 is 0 Å². The zero-order chi connectivity index (χ0) is 18.1. The summed E-state index contributed by atoms with van der Waals surface area (Å²) in [4.78, 5) is 0.729. The minimum absolute atomic E-state index is 0.238. The van der Waals surface area contributed by atoms with Gasteiger partial charge < -0.3 is 14.2 Å². The number of aromatic nitrogens is 4. The van der Waals surface area contributed by atoms with Crippen molar-refractivity contribution in [1.29, 1.82) is 0 Å². The highest BCUT2D eigenvalue weighted by Crippen LogP contribution is 2.35. The zero-order valence-electron chi connectivity index (χ0n) is 14.1. The first-order valence-electron chi connectivity index (χ1n) is 8.32. The maximum absolute atomic E-state index is 5.81. The van der Waals surface area contributed by atoms with Gasteiger partial charge in [0.2, 0.25) is 11.8 Å². The van der Waals surface area contributed by atoms with E-state index < -0.39 is 0 Å². The van der Waals surface area contributed by atoms with Gasteiger partial charge in [0, 0.05) is 6.07 Å². The predicted molar refractivity (Wildman–Crippen MR) is 101 cm³/mol. The van der Waals surface area contributed by atoms with Gasteiger partial charge >= 0.3 is 0 Å². The lowest BCUT2D eigenvalue weighted by atomic mass is 10.2. The van der Waals surface area contributed by atoms with Gasteiger partial charge in [0.1, 0.15) is 17.4 Å². The Morgan fingerprint density at radius 1 is 1.04 bits per heavy atom. The third-order valence-electron chi connectivity index (χ3n) is 4.00.